The van der Waals surface area contributed by atoms with Crippen molar-refractivity contribution < 1.29 is 19.1 Å². The van der Waals surface area contributed by atoms with Gasteiger partial charge in [-0.05, 0) is 62.1 Å². The third-order valence-electron chi connectivity index (χ3n) is 7.55. The summed E-state index contributed by atoms with van der Waals surface area (Å²) < 4.78 is 14.2. The number of methoxy groups -OCH3 is 2. The Morgan fingerprint density at radius 2 is 1.89 bits per heavy atom. The molecule has 1 fully saturated rings. The molecule has 186 valence electrons. The summed E-state index contributed by atoms with van der Waals surface area (Å²) in [6.45, 7) is 11.0. The number of likely N-dealkylation sites (tertiary alicyclic amines) is 1. The summed E-state index contributed by atoms with van der Waals surface area (Å²) in [5.74, 6) is 2.68. The number of hydrogen-bond donors (Lipinski definition) is 1. The first-order chi connectivity index (χ1) is 16.9. The smallest absolute Gasteiger partial charge is 0.213 e. The average molecular weight is 541 g/mol. The molecule has 2 aromatic carbocycles. The zero-order valence-electron chi connectivity index (χ0n) is 21.1. The highest BCUT2D eigenvalue weighted by Gasteiger charge is 2.32. The molecule has 5 nitrogen and oxygen atoms in total. The fraction of sp³-hybridized carbons (Fsp3) is 0.414. The molecular formula is C29H36BrN2O3+. The summed E-state index contributed by atoms with van der Waals surface area (Å²) in [4.78, 5) is 2.40. The van der Waals surface area contributed by atoms with Crippen LogP contribution in [0.3, 0.4) is 0 Å². The summed E-state index contributed by atoms with van der Waals surface area (Å²) in [6.07, 6.45) is 4.63. The summed E-state index contributed by atoms with van der Waals surface area (Å²) in [5.41, 5.74) is 3.08. The molecule has 1 aromatic heterocycles. The van der Waals surface area contributed by atoms with Gasteiger partial charge in [0.05, 0.1) is 25.7 Å². The number of piperidine rings is 1. The van der Waals surface area contributed by atoms with Crippen LogP contribution >= 0.6 is 15.9 Å². The third-order valence-corrected chi connectivity index (χ3v) is 8.33. The van der Waals surface area contributed by atoms with Gasteiger partial charge in [0.25, 0.3) is 0 Å². The number of hydrogen-bond acceptors (Lipinski definition) is 4. The third kappa shape index (κ3) is 5.40. The molecule has 0 spiro atoms. The van der Waals surface area contributed by atoms with E-state index in [1.165, 1.54) is 0 Å². The van der Waals surface area contributed by atoms with Crippen molar-refractivity contribution in [1.29, 1.82) is 0 Å². The van der Waals surface area contributed by atoms with Gasteiger partial charge in [-0.25, -0.2) is 0 Å². The topological polar surface area (TPSA) is 45.8 Å². The van der Waals surface area contributed by atoms with Crippen LogP contribution in [0, 0.1) is 11.8 Å². The number of aliphatic hydroxyl groups is 1. The van der Waals surface area contributed by atoms with Crippen molar-refractivity contribution in [2.75, 3.05) is 27.3 Å². The Bertz CT molecular complexity index is 1200. The molecule has 1 N–H and O–H groups in total. The van der Waals surface area contributed by atoms with Crippen molar-refractivity contribution in [2.45, 2.75) is 39.0 Å². The second-order valence-corrected chi connectivity index (χ2v) is 10.4. The lowest BCUT2D eigenvalue weighted by molar-refractivity contribution is -0.662. The lowest BCUT2D eigenvalue weighted by atomic mass is 9.85. The predicted octanol–water partition coefficient (Wildman–Crippen LogP) is 5.52. The number of aliphatic hydroxyl groups excluding tert-OH is 1. The molecule has 0 aliphatic carbocycles. The van der Waals surface area contributed by atoms with Crippen LogP contribution in [0.4, 0.5) is 0 Å². The lowest BCUT2D eigenvalue weighted by Crippen LogP contribution is -2.46. The van der Waals surface area contributed by atoms with E-state index < -0.39 is 6.10 Å². The van der Waals surface area contributed by atoms with Gasteiger partial charge in [0.2, 0.25) is 5.52 Å². The Morgan fingerprint density at radius 3 is 2.60 bits per heavy atom. The number of nitrogens with zero attached hydrogens (tertiary/aromatic N) is 2. The number of pyridine rings is 1. The second kappa shape index (κ2) is 11.1. The van der Waals surface area contributed by atoms with E-state index in [0.717, 1.165) is 57.5 Å². The minimum atomic E-state index is -0.623. The van der Waals surface area contributed by atoms with E-state index in [2.05, 4.69) is 70.2 Å². The number of ether oxygens (including phenoxy) is 2. The Balaban J connectivity index is 1.70. The van der Waals surface area contributed by atoms with Gasteiger partial charge in [-0.2, -0.15) is 4.57 Å². The van der Waals surface area contributed by atoms with E-state index in [9.17, 15) is 5.11 Å². The number of rotatable bonds is 8. The van der Waals surface area contributed by atoms with E-state index in [4.69, 9.17) is 9.47 Å². The number of halogens is 1. The molecule has 1 aliphatic heterocycles. The van der Waals surface area contributed by atoms with Gasteiger partial charge in [0, 0.05) is 40.3 Å². The summed E-state index contributed by atoms with van der Waals surface area (Å²) >= 11 is 3.68. The van der Waals surface area contributed by atoms with Gasteiger partial charge in [-0.15, -0.1) is 6.58 Å². The van der Waals surface area contributed by atoms with E-state index in [1.807, 2.05) is 30.3 Å². The second-order valence-electron chi connectivity index (χ2n) is 9.59. The van der Waals surface area contributed by atoms with E-state index >= 15 is 0 Å². The van der Waals surface area contributed by atoms with Crippen molar-refractivity contribution in [2.24, 2.45) is 11.8 Å². The Kier molecular flexibility index (Phi) is 8.15. The van der Waals surface area contributed by atoms with E-state index in [1.54, 1.807) is 14.2 Å². The first kappa shape index (κ1) is 25.7. The number of benzene rings is 2. The molecular weight excluding hydrogens is 504 g/mol. The SMILES string of the molecule is C=C[C@@H]1CN([C@@H](C)[C@@H](O)c2cc[n+](Cc3cc(OC)ccc3Br)c3ccc(OC)cc23)CCC1C. The van der Waals surface area contributed by atoms with Gasteiger partial charge in [0.1, 0.15) is 11.5 Å². The van der Waals surface area contributed by atoms with Crippen molar-refractivity contribution >= 4 is 26.8 Å². The molecule has 4 atom stereocenters. The van der Waals surface area contributed by atoms with Crippen molar-refractivity contribution in [3.63, 3.8) is 0 Å². The molecule has 1 aliphatic rings. The van der Waals surface area contributed by atoms with Crippen LogP contribution < -0.4 is 14.0 Å². The normalized spacial score (nSPS) is 20.4. The molecule has 0 bridgehead atoms. The first-order valence-electron chi connectivity index (χ1n) is 12.2. The Labute approximate surface area is 217 Å². The summed E-state index contributed by atoms with van der Waals surface area (Å²) in [5, 5.41) is 12.6. The van der Waals surface area contributed by atoms with Gasteiger partial charge in [0.15, 0.2) is 12.7 Å². The van der Waals surface area contributed by atoms with Crippen LogP contribution in [0.5, 0.6) is 11.5 Å². The van der Waals surface area contributed by atoms with Crippen LogP contribution in [0.15, 0.2) is 65.8 Å². The standard InChI is InChI=1S/C29H36BrN2O3/c1-6-21-17-31(13-11-19(21)2)20(3)29(33)25-12-14-32(28-10-8-24(35-5)16-26(25)28)18-22-15-23(34-4)7-9-27(22)30/h6-10,12,14-16,19-21,29,33H,1,11,13,17-18H2,2-5H3/q+1/t19?,20-,21+,29+/m0/s1. The minimum absolute atomic E-state index is 0.0114. The fourth-order valence-electron chi connectivity index (χ4n) is 5.10. The quantitative estimate of drug-likeness (QED) is 0.302. The molecule has 6 heteroatoms. The van der Waals surface area contributed by atoms with Crippen LogP contribution in [-0.4, -0.2) is 43.4 Å². The lowest BCUT2D eigenvalue weighted by Gasteiger charge is -2.40. The number of aromatic nitrogens is 1. The molecule has 0 amide bonds. The zero-order valence-corrected chi connectivity index (χ0v) is 22.7. The Morgan fingerprint density at radius 1 is 1.17 bits per heavy atom. The van der Waals surface area contributed by atoms with Gasteiger partial charge in [-0.3, -0.25) is 4.90 Å². The van der Waals surface area contributed by atoms with Crippen molar-refractivity contribution in [3.05, 3.63) is 76.9 Å². The van der Waals surface area contributed by atoms with Crippen molar-refractivity contribution in [1.82, 2.24) is 4.90 Å². The summed E-state index contributed by atoms with van der Waals surface area (Å²) in [7, 11) is 3.36. The van der Waals surface area contributed by atoms with Crippen molar-refractivity contribution in [3.8, 4) is 11.5 Å². The maximum atomic E-state index is 11.6. The highest BCUT2D eigenvalue weighted by Crippen LogP contribution is 2.33. The minimum Gasteiger partial charge on any atom is -0.497 e. The molecule has 1 saturated heterocycles. The summed E-state index contributed by atoms with van der Waals surface area (Å²) in [6, 6.07) is 14.1. The van der Waals surface area contributed by atoms with Crippen LogP contribution in [0.1, 0.15) is 37.5 Å². The predicted molar refractivity (Wildman–Crippen MR) is 144 cm³/mol. The highest BCUT2D eigenvalue weighted by molar-refractivity contribution is 9.10. The Hall–Kier alpha value is -2.41. The molecule has 2 heterocycles. The monoisotopic (exact) mass is 539 g/mol. The highest BCUT2D eigenvalue weighted by atomic mass is 79.9. The first-order valence-corrected chi connectivity index (χ1v) is 13.0. The molecule has 35 heavy (non-hydrogen) atoms. The largest absolute Gasteiger partial charge is 0.497 e. The number of fused-ring (bicyclic) bond motifs is 1. The molecule has 1 unspecified atom stereocenters. The van der Waals surface area contributed by atoms with Gasteiger partial charge in [-0.1, -0.05) is 28.9 Å². The van der Waals surface area contributed by atoms with Gasteiger partial charge < -0.3 is 14.6 Å². The molecule has 3 aromatic rings. The maximum Gasteiger partial charge on any atom is 0.213 e. The average Bonchev–Trinajstić information content (AvgIpc) is 2.89. The molecule has 4 rings (SSSR count). The van der Waals surface area contributed by atoms with Crippen LogP contribution in [0.25, 0.3) is 10.9 Å². The van der Waals surface area contributed by atoms with Crippen LogP contribution in [-0.2, 0) is 6.54 Å². The zero-order chi connectivity index (χ0) is 25.1. The van der Waals surface area contributed by atoms with Gasteiger partial charge >= 0.3 is 0 Å². The molecule has 0 saturated carbocycles. The maximum absolute atomic E-state index is 11.6. The molecule has 0 radical (unpaired) electrons. The van der Waals surface area contributed by atoms with Crippen LogP contribution in [0.2, 0.25) is 0 Å². The fourth-order valence-corrected chi connectivity index (χ4v) is 5.48. The van der Waals surface area contributed by atoms with E-state index in [0.29, 0.717) is 18.4 Å². The van der Waals surface area contributed by atoms with E-state index in [-0.39, 0.29) is 6.04 Å².